The molecule has 1 aromatic rings. The zero-order valence-electron chi connectivity index (χ0n) is 14.2. The molecule has 0 aromatic heterocycles. The lowest BCUT2D eigenvalue weighted by molar-refractivity contribution is 0.151. The summed E-state index contributed by atoms with van der Waals surface area (Å²) < 4.78 is 50.5. The maximum absolute atomic E-state index is 13.0. The third-order valence-electron chi connectivity index (χ3n) is 4.21. The molecule has 0 aliphatic carbocycles. The van der Waals surface area contributed by atoms with Crippen LogP contribution < -0.4 is 0 Å². The molecule has 0 spiro atoms. The lowest BCUT2D eigenvalue weighted by Gasteiger charge is -2.28. The maximum Gasteiger partial charge on any atom is 0.243 e. The summed E-state index contributed by atoms with van der Waals surface area (Å²) in [6, 6.07) is 6.00. The van der Waals surface area contributed by atoms with Gasteiger partial charge in [-0.15, -0.1) is 0 Å². The van der Waals surface area contributed by atoms with Crippen LogP contribution in [0.5, 0.6) is 0 Å². The molecule has 1 fully saturated rings. The van der Waals surface area contributed by atoms with Crippen LogP contribution in [0, 0.1) is 0 Å². The van der Waals surface area contributed by atoms with E-state index in [0.717, 1.165) is 9.87 Å². The summed E-state index contributed by atoms with van der Waals surface area (Å²) >= 11 is 0. The van der Waals surface area contributed by atoms with Gasteiger partial charge in [0.1, 0.15) is 0 Å². The Morgan fingerprint density at radius 3 is 2.21 bits per heavy atom. The molecule has 24 heavy (non-hydrogen) atoms. The molecule has 2 rings (SSSR count). The molecule has 0 saturated carbocycles. The predicted octanol–water partition coefficient (Wildman–Crippen LogP) is 1.37. The minimum absolute atomic E-state index is 0.0181. The molecule has 6 nitrogen and oxygen atoms in total. The molecular weight excluding hydrogens is 350 g/mol. The van der Waals surface area contributed by atoms with Gasteiger partial charge in [0, 0.05) is 12.6 Å². The van der Waals surface area contributed by atoms with Crippen molar-refractivity contribution in [1.82, 2.24) is 4.31 Å². The van der Waals surface area contributed by atoms with Crippen LogP contribution in [0.2, 0.25) is 0 Å². The Bertz CT molecular complexity index is 767. The zero-order chi connectivity index (χ0) is 18.1. The first-order valence-corrected chi connectivity index (χ1v) is 11.3. The van der Waals surface area contributed by atoms with Gasteiger partial charge in [0.25, 0.3) is 0 Å². The Morgan fingerprint density at radius 1 is 1.21 bits per heavy atom. The maximum atomic E-state index is 13.0. The summed E-state index contributed by atoms with van der Waals surface area (Å²) in [4.78, 5) is 0.122. The van der Waals surface area contributed by atoms with Crippen molar-refractivity contribution in [1.29, 1.82) is 0 Å². The van der Waals surface area contributed by atoms with Crippen molar-refractivity contribution in [2.45, 2.75) is 50.2 Å². The third-order valence-corrected chi connectivity index (χ3v) is 7.90. The molecule has 1 heterocycles. The van der Waals surface area contributed by atoms with Gasteiger partial charge in [-0.3, -0.25) is 0 Å². The van der Waals surface area contributed by atoms with Gasteiger partial charge in [0.2, 0.25) is 10.0 Å². The van der Waals surface area contributed by atoms with Gasteiger partial charge in [0.15, 0.2) is 9.84 Å². The van der Waals surface area contributed by atoms with Gasteiger partial charge >= 0.3 is 0 Å². The first kappa shape index (κ1) is 19.4. The lowest BCUT2D eigenvalue weighted by Crippen LogP contribution is -2.44. The summed E-state index contributed by atoms with van der Waals surface area (Å²) in [5.74, 6) is 0.0778. The van der Waals surface area contributed by atoms with E-state index >= 15 is 0 Å². The molecule has 8 heteroatoms. The highest BCUT2D eigenvalue weighted by Crippen LogP contribution is 2.26. The fourth-order valence-electron chi connectivity index (χ4n) is 2.87. The largest absolute Gasteiger partial charge is 0.392 e. The number of aliphatic hydroxyl groups excluding tert-OH is 1. The summed E-state index contributed by atoms with van der Waals surface area (Å²) in [5.41, 5.74) is 1.03. The van der Waals surface area contributed by atoms with Crippen LogP contribution >= 0.6 is 0 Å². The number of sulfonamides is 1. The summed E-state index contributed by atoms with van der Waals surface area (Å²) in [6.45, 7) is 5.42. The Labute approximate surface area is 144 Å². The van der Waals surface area contributed by atoms with Gasteiger partial charge in [-0.1, -0.05) is 26.0 Å². The normalized spacial score (nSPS) is 22.2. The Kier molecular flexibility index (Phi) is 5.74. The smallest absolute Gasteiger partial charge is 0.243 e. The van der Waals surface area contributed by atoms with E-state index in [1.807, 2.05) is 13.8 Å². The molecule has 0 amide bonds. The molecule has 1 aromatic carbocycles. The second-order valence-electron chi connectivity index (χ2n) is 6.70. The quantitative estimate of drug-likeness (QED) is 0.811. The van der Waals surface area contributed by atoms with Crippen LogP contribution in [0.1, 0.15) is 38.7 Å². The van der Waals surface area contributed by atoms with Crippen molar-refractivity contribution < 1.29 is 21.9 Å². The van der Waals surface area contributed by atoms with Crippen LogP contribution in [-0.4, -0.2) is 56.4 Å². The van der Waals surface area contributed by atoms with Crippen molar-refractivity contribution in [2.24, 2.45) is 0 Å². The summed E-state index contributed by atoms with van der Waals surface area (Å²) in [5, 5.41) is 9.68. The second kappa shape index (κ2) is 7.11. The van der Waals surface area contributed by atoms with Crippen molar-refractivity contribution in [3.05, 3.63) is 29.8 Å². The van der Waals surface area contributed by atoms with E-state index in [2.05, 4.69) is 0 Å². The van der Waals surface area contributed by atoms with Crippen molar-refractivity contribution in [3.63, 3.8) is 0 Å². The van der Waals surface area contributed by atoms with E-state index < -0.39 is 32.0 Å². The average molecular weight is 376 g/mol. The minimum Gasteiger partial charge on any atom is -0.392 e. The molecule has 136 valence electrons. The first-order chi connectivity index (χ1) is 11.0. The SMILES string of the molecule is CC(C)c1ccc(S(=O)(=O)N(C[C@H](C)O)[C@@H]2CCS(=O)(=O)C2)cc1. The highest BCUT2D eigenvalue weighted by Gasteiger charge is 2.39. The molecule has 0 unspecified atom stereocenters. The van der Waals surface area contributed by atoms with Crippen LogP contribution in [0.25, 0.3) is 0 Å². The molecule has 1 N–H and O–H groups in total. The number of rotatable bonds is 6. The number of nitrogens with zero attached hydrogens (tertiary/aromatic N) is 1. The standard InChI is InChI=1S/C16H25NO5S2/c1-12(2)14-4-6-16(7-5-14)24(21,22)17(10-13(3)18)15-8-9-23(19,20)11-15/h4-7,12-13,15,18H,8-11H2,1-3H3/t13-,15+/m0/s1. The van der Waals surface area contributed by atoms with Gasteiger partial charge in [0.05, 0.1) is 22.5 Å². The average Bonchev–Trinajstić information content (AvgIpc) is 2.84. The van der Waals surface area contributed by atoms with Gasteiger partial charge in [-0.25, -0.2) is 16.8 Å². The van der Waals surface area contributed by atoms with E-state index in [-0.39, 0.29) is 35.3 Å². The lowest BCUT2D eigenvalue weighted by atomic mass is 10.0. The minimum atomic E-state index is -3.86. The third kappa shape index (κ3) is 4.36. The van der Waals surface area contributed by atoms with Crippen LogP contribution in [0.3, 0.4) is 0 Å². The van der Waals surface area contributed by atoms with Gasteiger partial charge in [-0.05, 0) is 37.0 Å². The molecular formula is C16H25NO5S2. The second-order valence-corrected chi connectivity index (χ2v) is 10.8. The fraction of sp³-hybridized carbons (Fsp3) is 0.625. The van der Waals surface area contributed by atoms with Crippen molar-refractivity contribution in [3.8, 4) is 0 Å². The van der Waals surface area contributed by atoms with Crippen LogP contribution in [0.15, 0.2) is 29.2 Å². The van der Waals surface area contributed by atoms with E-state index in [1.54, 1.807) is 24.3 Å². The van der Waals surface area contributed by atoms with E-state index in [0.29, 0.717) is 0 Å². The van der Waals surface area contributed by atoms with Gasteiger partial charge in [-0.2, -0.15) is 4.31 Å². The number of aliphatic hydroxyl groups is 1. The summed E-state index contributed by atoms with van der Waals surface area (Å²) in [6.07, 6.45) is -0.615. The molecule has 1 saturated heterocycles. The molecule has 1 aliphatic rings. The van der Waals surface area contributed by atoms with E-state index in [9.17, 15) is 21.9 Å². The Balaban J connectivity index is 2.36. The Morgan fingerprint density at radius 2 is 1.79 bits per heavy atom. The Hall–Kier alpha value is -0.960. The van der Waals surface area contributed by atoms with Crippen LogP contribution in [0.4, 0.5) is 0 Å². The first-order valence-electron chi connectivity index (χ1n) is 8.03. The van der Waals surface area contributed by atoms with Gasteiger partial charge < -0.3 is 5.11 Å². The van der Waals surface area contributed by atoms with E-state index in [1.165, 1.54) is 6.92 Å². The van der Waals surface area contributed by atoms with Crippen molar-refractivity contribution in [2.75, 3.05) is 18.1 Å². The highest BCUT2D eigenvalue weighted by atomic mass is 32.2. The fourth-order valence-corrected chi connectivity index (χ4v) is 6.43. The molecule has 1 aliphatic heterocycles. The summed E-state index contributed by atoms with van der Waals surface area (Å²) in [7, 11) is -7.09. The van der Waals surface area contributed by atoms with E-state index in [4.69, 9.17) is 0 Å². The zero-order valence-corrected chi connectivity index (χ0v) is 15.8. The van der Waals surface area contributed by atoms with Crippen LogP contribution in [-0.2, 0) is 19.9 Å². The molecule has 2 atom stereocenters. The number of hydrogen-bond acceptors (Lipinski definition) is 5. The van der Waals surface area contributed by atoms with Crippen molar-refractivity contribution >= 4 is 19.9 Å². The number of sulfone groups is 1. The molecule has 0 bridgehead atoms. The predicted molar refractivity (Wildman–Crippen MR) is 93.2 cm³/mol. The number of benzene rings is 1. The highest BCUT2D eigenvalue weighted by molar-refractivity contribution is 7.92. The number of hydrogen-bond donors (Lipinski definition) is 1. The monoisotopic (exact) mass is 375 g/mol. The molecule has 0 radical (unpaired) electrons. The topological polar surface area (TPSA) is 91.8 Å².